The number of rotatable bonds is 12. The van der Waals surface area contributed by atoms with Gasteiger partial charge in [-0.15, -0.1) is 6.58 Å². The van der Waals surface area contributed by atoms with Crippen molar-refractivity contribution in [3.8, 4) is 0 Å². The summed E-state index contributed by atoms with van der Waals surface area (Å²) in [5.74, 6) is 2.16. The lowest BCUT2D eigenvalue weighted by molar-refractivity contribution is -0.122. The minimum atomic E-state index is 0.261. The maximum atomic E-state index is 12.1. The zero-order valence-electron chi connectivity index (χ0n) is 14.5. The van der Waals surface area contributed by atoms with E-state index in [4.69, 9.17) is 0 Å². The summed E-state index contributed by atoms with van der Waals surface area (Å²) < 4.78 is 0. The van der Waals surface area contributed by atoms with Crippen LogP contribution in [0.4, 0.5) is 0 Å². The van der Waals surface area contributed by atoms with Crippen molar-refractivity contribution in [2.24, 2.45) is 17.8 Å². The Morgan fingerprint density at radius 3 is 2.10 bits per heavy atom. The first kappa shape index (κ1) is 19.4. The molecular weight excluding hydrogens is 244 g/mol. The van der Waals surface area contributed by atoms with Crippen molar-refractivity contribution < 1.29 is 4.79 Å². The third-order valence-electron chi connectivity index (χ3n) is 4.15. The number of Topliss-reactive ketones (excluding diaryl/α,β-unsaturated/α-hetero) is 1. The molecule has 0 aliphatic rings. The van der Waals surface area contributed by atoms with Crippen LogP contribution in [-0.4, -0.2) is 5.78 Å². The summed E-state index contributed by atoms with van der Waals surface area (Å²) in [6.45, 7) is 14.9. The smallest absolute Gasteiger partial charge is 0.135 e. The number of ketones is 1. The Balaban J connectivity index is 3.71. The van der Waals surface area contributed by atoms with Crippen molar-refractivity contribution in [2.45, 2.75) is 86.0 Å². The highest BCUT2D eigenvalue weighted by molar-refractivity contribution is 5.80. The molecule has 0 aromatic heterocycles. The molecule has 0 aliphatic carbocycles. The van der Waals surface area contributed by atoms with Gasteiger partial charge >= 0.3 is 0 Å². The van der Waals surface area contributed by atoms with Gasteiger partial charge in [-0.05, 0) is 44.4 Å². The average Bonchev–Trinajstić information content (AvgIpc) is 2.34. The highest BCUT2D eigenvalue weighted by atomic mass is 16.1. The van der Waals surface area contributed by atoms with Crippen LogP contribution in [0, 0.1) is 17.8 Å². The molecule has 0 saturated heterocycles. The van der Waals surface area contributed by atoms with Gasteiger partial charge in [-0.2, -0.15) is 0 Å². The Kier molecular flexibility index (Phi) is 10.8. The number of carbonyl (C=O) groups is 1. The third kappa shape index (κ3) is 11.3. The lowest BCUT2D eigenvalue weighted by Gasteiger charge is -2.14. The monoisotopic (exact) mass is 280 g/mol. The third-order valence-corrected chi connectivity index (χ3v) is 4.15. The average molecular weight is 280 g/mol. The summed E-state index contributed by atoms with van der Waals surface area (Å²) in [4.78, 5) is 12.1. The molecule has 0 radical (unpaired) electrons. The molecule has 0 amide bonds. The zero-order chi connectivity index (χ0) is 15.5. The van der Waals surface area contributed by atoms with E-state index < -0.39 is 0 Å². The minimum Gasteiger partial charge on any atom is -0.299 e. The fourth-order valence-corrected chi connectivity index (χ4v) is 2.52. The van der Waals surface area contributed by atoms with Gasteiger partial charge in [0.15, 0.2) is 0 Å². The van der Waals surface area contributed by atoms with Crippen molar-refractivity contribution in [1.29, 1.82) is 0 Å². The fraction of sp³-hybridized carbons (Fsp3) is 0.842. The summed E-state index contributed by atoms with van der Waals surface area (Å²) >= 11 is 0. The molecule has 2 atom stereocenters. The number of hydrogen-bond donors (Lipinski definition) is 0. The molecule has 0 heterocycles. The Morgan fingerprint density at radius 2 is 1.55 bits per heavy atom. The van der Waals surface area contributed by atoms with Gasteiger partial charge < -0.3 is 0 Å². The predicted molar refractivity (Wildman–Crippen MR) is 89.9 cm³/mol. The number of allylic oxidation sites excluding steroid dienone is 1. The maximum absolute atomic E-state index is 12.1. The van der Waals surface area contributed by atoms with Crippen LogP contribution in [0.3, 0.4) is 0 Å². The molecule has 20 heavy (non-hydrogen) atoms. The largest absolute Gasteiger partial charge is 0.299 e. The molecular formula is C19H36O. The molecule has 0 spiro atoms. The van der Waals surface area contributed by atoms with Crippen LogP contribution in [0.25, 0.3) is 0 Å². The lowest BCUT2D eigenvalue weighted by atomic mass is 9.91. The van der Waals surface area contributed by atoms with Crippen molar-refractivity contribution in [1.82, 2.24) is 0 Å². The predicted octanol–water partition coefficient (Wildman–Crippen LogP) is 6.18. The molecule has 0 aromatic carbocycles. The van der Waals surface area contributed by atoms with Gasteiger partial charge in [0.2, 0.25) is 0 Å². The zero-order valence-corrected chi connectivity index (χ0v) is 14.5. The first-order valence-electron chi connectivity index (χ1n) is 8.50. The first-order chi connectivity index (χ1) is 9.32. The second kappa shape index (κ2) is 11.1. The molecule has 0 rings (SSSR count). The maximum Gasteiger partial charge on any atom is 0.135 e. The molecule has 0 aliphatic heterocycles. The second-order valence-electron chi connectivity index (χ2n) is 7.19. The van der Waals surface area contributed by atoms with E-state index >= 15 is 0 Å². The minimum absolute atomic E-state index is 0.261. The molecule has 118 valence electrons. The molecule has 0 bridgehead atoms. The first-order valence-corrected chi connectivity index (χ1v) is 8.50. The SMILES string of the molecule is C=C(C)CCCC(C)CCC(=O)C(C)CCCC(C)C. The van der Waals surface area contributed by atoms with Crippen LogP contribution in [0.1, 0.15) is 86.0 Å². The standard InChI is InChI=1S/C19H36O/c1-15(2)9-7-11-17(5)13-14-19(20)18(6)12-8-10-16(3)4/h16-18H,1,7-14H2,2-6H3. The van der Waals surface area contributed by atoms with E-state index in [2.05, 4.69) is 41.2 Å². The Hall–Kier alpha value is -0.590. The van der Waals surface area contributed by atoms with Gasteiger partial charge in [-0.25, -0.2) is 0 Å². The van der Waals surface area contributed by atoms with Crippen molar-refractivity contribution in [3.05, 3.63) is 12.2 Å². The molecule has 0 fully saturated rings. The van der Waals surface area contributed by atoms with Gasteiger partial charge in [0.05, 0.1) is 0 Å². The van der Waals surface area contributed by atoms with Crippen LogP contribution >= 0.6 is 0 Å². The summed E-state index contributed by atoms with van der Waals surface area (Å²) in [5, 5.41) is 0. The van der Waals surface area contributed by atoms with Crippen LogP contribution in [0.2, 0.25) is 0 Å². The van der Waals surface area contributed by atoms with E-state index in [1.54, 1.807) is 0 Å². The lowest BCUT2D eigenvalue weighted by Crippen LogP contribution is -2.12. The Labute approximate surface area is 127 Å². The molecule has 0 saturated carbocycles. The molecule has 1 nitrogen and oxygen atoms in total. The quantitative estimate of drug-likeness (QED) is 0.390. The van der Waals surface area contributed by atoms with E-state index in [1.165, 1.54) is 31.3 Å². The Bertz CT molecular complexity index is 277. The normalized spacial score (nSPS) is 14.3. The van der Waals surface area contributed by atoms with Crippen LogP contribution in [0.5, 0.6) is 0 Å². The van der Waals surface area contributed by atoms with Crippen molar-refractivity contribution >= 4 is 5.78 Å². The van der Waals surface area contributed by atoms with E-state index in [-0.39, 0.29) is 5.92 Å². The van der Waals surface area contributed by atoms with Gasteiger partial charge in [-0.3, -0.25) is 4.79 Å². The van der Waals surface area contributed by atoms with Crippen LogP contribution in [0.15, 0.2) is 12.2 Å². The van der Waals surface area contributed by atoms with Crippen LogP contribution < -0.4 is 0 Å². The van der Waals surface area contributed by atoms with E-state index in [9.17, 15) is 4.79 Å². The highest BCUT2D eigenvalue weighted by Gasteiger charge is 2.14. The van der Waals surface area contributed by atoms with Gasteiger partial charge in [0.25, 0.3) is 0 Å². The molecule has 0 aromatic rings. The van der Waals surface area contributed by atoms with Crippen molar-refractivity contribution in [3.63, 3.8) is 0 Å². The molecule has 1 heteroatoms. The second-order valence-corrected chi connectivity index (χ2v) is 7.19. The highest BCUT2D eigenvalue weighted by Crippen LogP contribution is 2.19. The van der Waals surface area contributed by atoms with E-state index in [0.29, 0.717) is 11.7 Å². The molecule has 0 N–H and O–H groups in total. The van der Waals surface area contributed by atoms with Gasteiger partial charge in [0, 0.05) is 12.3 Å². The Morgan fingerprint density at radius 1 is 0.900 bits per heavy atom. The number of hydrogen-bond acceptors (Lipinski definition) is 1. The van der Waals surface area contributed by atoms with E-state index in [1.807, 2.05) is 0 Å². The topological polar surface area (TPSA) is 17.1 Å². The van der Waals surface area contributed by atoms with Crippen molar-refractivity contribution in [2.75, 3.05) is 0 Å². The fourth-order valence-electron chi connectivity index (χ4n) is 2.52. The summed E-state index contributed by atoms with van der Waals surface area (Å²) in [5.41, 5.74) is 1.27. The van der Waals surface area contributed by atoms with Gasteiger partial charge in [0.1, 0.15) is 5.78 Å². The summed E-state index contributed by atoms with van der Waals surface area (Å²) in [6.07, 6.45) is 8.91. The summed E-state index contributed by atoms with van der Waals surface area (Å²) in [7, 11) is 0. The van der Waals surface area contributed by atoms with Crippen LogP contribution in [-0.2, 0) is 4.79 Å². The molecule has 2 unspecified atom stereocenters. The van der Waals surface area contributed by atoms with Gasteiger partial charge in [-0.1, -0.05) is 52.5 Å². The number of carbonyl (C=O) groups excluding carboxylic acids is 1. The summed E-state index contributed by atoms with van der Waals surface area (Å²) in [6, 6.07) is 0. The van der Waals surface area contributed by atoms with E-state index in [0.717, 1.165) is 31.6 Å².